The smallest absolute Gasteiger partial charge is 0.261 e. The van der Waals surface area contributed by atoms with Gasteiger partial charge in [-0.05, 0) is 89.4 Å². The van der Waals surface area contributed by atoms with E-state index in [1.165, 1.54) is 21.5 Å². The molecule has 0 amide bonds. The molecule has 54 heavy (non-hydrogen) atoms. The number of unbranched alkanes of at least 4 members (excludes halogenated alkanes) is 1. The Kier molecular flexibility index (Phi) is 14.3. The number of ether oxygens (including phenoxy) is 2. The Bertz CT molecular complexity index is 1530. The van der Waals surface area contributed by atoms with Crippen LogP contribution in [0.3, 0.4) is 0 Å². The van der Waals surface area contributed by atoms with Crippen molar-refractivity contribution < 1.29 is 22.8 Å². The van der Waals surface area contributed by atoms with E-state index in [-0.39, 0.29) is 33.2 Å². The molecule has 302 valence electrons. The average molecular weight is 793 g/mol. The summed E-state index contributed by atoms with van der Waals surface area (Å²) in [6.45, 7) is 38.2. The summed E-state index contributed by atoms with van der Waals surface area (Å²) in [5, 5.41) is 2.66. The molecule has 1 saturated heterocycles. The zero-order valence-electron chi connectivity index (χ0n) is 37.0. The predicted molar refractivity (Wildman–Crippen MR) is 236 cm³/mol. The van der Waals surface area contributed by atoms with E-state index in [4.69, 9.17) is 22.8 Å². The summed E-state index contributed by atoms with van der Waals surface area (Å²) in [5.74, 6) is 0.131. The van der Waals surface area contributed by atoms with Crippen LogP contribution in [-0.4, -0.2) is 56.3 Å². The average Bonchev–Trinajstić information content (AvgIpc) is 3.40. The Labute approximate surface area is 334 Å². The van der Waals surface area contributed by atoms with Gasteiger partial charge < -0.3 is 22.8 Å². The van der Waals surface area contributed by atoms with Gasteiger partial charge in [-0.3, -0.25) is 0 Å². The Morgan fingerprint density at radius 2 is 1.33 bits per heavy atom. The Morgan fingerprint density at radius 3 is 1.81 bits per heavy atom. The van der Waals surface area contributed by atoms with E-state index in [1.54, 1.807) is 0 Å². The van der Waals surface area contributed by atoms with Crippen LogP contribution >= 0.6 is 0 Å². The van der Waals surface area contributed by atoms with Gasteiger partial charge in [0.05, 0.1) is 13.2 Å². The van der Waals surface area contributed by atoms with Crippen molar-refractivity contribution in [2.45, 2.75) is 168 Å². The molecule has 1 fully saturated rings. The summed E-state index contributed by atoms with van der Waals surface area (Å²) in [5.41, 5.74) is 1.88. The maximum absolute atomic E-state index is 7.57. The fraction of sp³-hybridized carbons (Fsp3) is 0.652. The van der Waals surface area contributed by atoms with Crippen molar-refractivity contribution in [2.24, 2.45) is 11.8 Å². The van der Waals surface area contributed by atoms with E-state index in [0.717, 1.165) is 25.7 Å². The van der Waals surface area contributed by atoms with Gasteiger partial charge in [0.1, 0.15) is 5.60 Å². The highest BCUT2D eigenvalue weighted by molar-refractivity contribution is 6.99. The third kappa shape index (κ3) is 9.72. The number of hydrogen-bond donors (Lipinski definition) is 0. The van der Waals surface area contributed by atoms with Crippen LogP contribution in [0.5, 0.6) is 0 Å². The fourth-order valence-electron chi connectivity index (χ4n) is 7.51. The van der Waals surface area contributed by atoms with Crippen molar-refractivity contribution in [1.29, 1.82) is 0 Å². The molecule has 4 rings (SSSR count). The van der Waals surface area contributed by atoms with Crippen LogP contribution in [0.25, 0.3) is 0 Å². The number of rotatable bonds is 14. The zero-order valence-corrected chi connectivity index (χ0v) is 40.0. The highest BCUT2D eigenvalue weighted by Gasteiger charge is 2.59. The van der Waals surface area contributed by atoms with E-state index in [2.05, 4.69) is 182 Å². The summed E-state index contributed by atoms with van der Waals surface area (Å²) >= 11 is 0. The molecule has 5 nitrogen and oxygen atoms in total. The van der Waals surface area contributed by atoms with Crippen LogP contribution in [0.15, 0.2) is 84.0 Å². The van der Waals surface area contributed by atoms with Crippen molar-refractivity contribution in [3.63, 3.8) is 0 Å². The van der Waals surface area contributed by atoms with Crippen LogP contribution in [0.1, 0.15) is 109 Å². The maximum atomic E-state index is 7.57. The lowest BCUT2D eigenvalue weighted by Gasteiger charge is -2.48. The van der Waals surface area contributed by atoms with Gasteiger partial charge in [-0.15, -0.1) is 0 Å². The second-order valence-corrected chi connectivity index (χ2v) is 34.2. The lowest BCUT2D eigenvalue weighted by atomic mass is 9.71. The molecule has 1 spiro atoms. The van der Waals surface area contributed by atoms with Crippen LogP contribution in [0, 0.1) is 11.8 Å². The minimum absolute atomic E-state index is 0.0300. The fourth-order valence-corrected chi connectivity index (χ4v) is 14.2. The van der Waals surface area contributed by atoms with Gasteiger partial charge >= 0.3 is 0 Å². The van der Waals surface area contributed by atoms with Crippen LogP contribution < -0.4 is 10.4 Å². The highest BCUT2D eigenvalue weighted by atomic mass is 28.4. The summed E-state index contributed by atoms with van der Waals surface area (Å²) in [6.07, 6.45) is 7.92. The standard InChI is InChI=1S/C46H76O5Si3/c1-17-18-29-41-49-42(51-53(15,16)44(7,8)9)46(50-41)32-36(3)37(31-38(46)30-35(2)33-47-52(13,14)43(4,5)6)34-48-54(45(10,11)12,39-25-21-19-22-26-39)40-27-23-20-24-28-40/h19-28,30-31,36,38,41-42H,17-18,29,32-34H2,1-16H3/b35-30+/t36-,38-,41-,42?,46-/m0/s1. The zero-order chi connectivity index (χ0) is 40.4. The summed E-state index contributed by atoms with van der Waals surface area (Å²) in [7, 11) is -6.93. The summed E-state index contributed by atoms with van der Waals surface area (Å²) in [4.78, 5) is 0. The summed E-state index contributed by atoms with van der Waals surface area (Å²) in [6, 6.07) is 22.0. The highest BCUT2D eigenvalue weighted by Crippen LogP contribution is 2.51. The molecule has 0 bridgehead atoms. The third-order valence-electron chi connectivity index (χ3n) is 13.0. The Morgan fingerprint density at radius 1 is 0.796 bits per heavy atom. The molecule has 8 heteroatoms. The molecular formula is C46H76O5Si3. The second kappa shape index (κ2) is 17.1. The number of hydrogen-bond acceptors (Lipinski definition) is 5. The van der Waals surface area contributed by atoms with Gasteiger partial charge in [-0.25, -0.2) is 0 Å². The van der Waals surface area contributed by atoms with Gasteiger partial charge in [0.2, 0.25) is 0 Å². The van der Waals surface area contributed by atoms with Crippen molar-refractivity contribution in [3.05, 3.63) is 84.0 Å². The van der Waals surface area contributed by atoms with E-state index < -0.39 is 36.8 Å². The van der Waals surface area contributed by atoms with E-state index in [9.17, 15) is 0 Å². The first kappa shape index (κ1) is 45.1. The lowest BCUT2D eigenvalue weighted by Crippen LogP contribution is -2.66. The molecule has 1 aliphatic carbocycles. The maximum Gasteiger partial charge on any atom is 0.261 e. The molecule has 2 aromatic carbocycles. The molecular weight excluding hydrogens is 717 g/mol. The van der Waals surface area contributed by atoms with Crippen molar-refractivity contribution in [3.8, 4) is 0 Å². The van der Waals surface area contributed by atoms with Gasteiger partial charge in [-0.1, -0.05) is 161 Å². The van der Waals surface area contributed by atoms with Crippen molar-refractivity contribution in [1.82, 2.24) is 0 Å². The molecule has 2 aromatic rings. The van der Waals surface area contributed by atoms with E-state index in [1.807, 2.05) is 0 Å². The third-order valence-corrected chi connectivity index (χ3v) is 26.9. The van der Waals surface area contributed by atoms with Gasteiger partial charge in [0.25, 0.3) is 8.32 Å². The van der Waals surface area contributed by atoms with Crippen molar-refractivity contribution in [2.75, 3.05) is 13.2 Å². The first-order valence-electron chi connectivity index (χ1n) is 20.7. The van der Waals surface area contributed by atoms with E-state index >= 15 is 0 Å². The molecule has 1 aliphatic heterocycles. The topological polar surface area (TPSA) is 46.2 Å². The van der Waals surface area contributed by atoms with Gasteiger partial charge in [-0.2, -0.15) is 0 Å². The van der Waals surface area contributed by atoms with E-state index in [0.29, 0.717) is 13.2 Å². The Hall–Kier alpha value is -1.63. The molecule has 1 unspecified atom stereocenters. The predicted octanol–water partition coefficient (Wildman–Crippen LogP) is 11.8. The minimum atomic E-state index is -2.75. The second-order valence-electron chi connectivity index (χ2n) is 20.4. The van der Waals surface area contributed by atoms with Crippen LogP contribution in [0.2, 0.25) is 41.3 Å². The number of benzene rings is 2. The SMILES string of the molecule is CCCC[C@H]1OC(O[Si](C)(C)C(C)(C)C)[C@@]2(C[C@H](C)C(CO[Si](c3ccccc3)(c3ccccc3)C(C)(C)C)=C[C@@H]2/C=C(\C)CO[Si](C)(C)C(C)(C)C)O1. The Balaban J connectivity index is 1.84. The minimum Gasteiger partial charge on any atom is -0.413 e. The summed E-state index contributed by atoms with van der Waals surface area (Å²) < 4.78 is 35.8. The molecule has 0 N–H and O–H groups in total. The van der Waals surface area contributed by atoms with Crippen molar-refractivity contribution >= 4 is 35.3 Å². The first-order valence-corrected chi connectivity index (χ1v) is 28.4. The molecule has 0 aromatic heterocycles. The molecule has 1 heterocycles. The van der Waals surface area contributed by atoms with Crippen LogP contribution in [0.4, 0.5) is 0 Å². The van der Waals surface area contributed by atoms with Gasteiger partial charge in [0, 0.05) is 5.92 Å². The normalized spacial score (nSPS) is 25.0. The monoisotopic (exact) mass is 793 g/mol. The first-order chi connectivity index (χ1) is 24.9. The van der Waals surface area contributed by atoms with Crippen LogP contribution in [-0.2, 0) is 22.8 Å². The molecule has 0 radical (unpaired) electrons. The molecule has 5 atom stereocenters. The largest absolute Gasteiger partial charge is 0.413 e. The molecule has 2 aliphatic rings. The lowest BCUT2D eigenvalue weighted by molar-refractivity contribution is -0.115. The quantitative estimate of drug-likeness (QED) is 0.141. The van der Waals surface area contributed by atoms with Gasteiger partial charge in [0.15, 0.2) is 29.2 Å². The molecule has 0 saturated carbocycles.